The summed E-state index contributed by atoms with van der Waals surface area (Å²) < 4.78 is 0. The Bertz CT molecular complexity index is 386. The molecule has 0 bridgehead atoms. The number of nitrogens with one attached hydrogen (secondary N) is 1. The highest BCUT2D eigenvalue weighted by Crippen LogP contribution is 2.37. The van der Waals surface area contributed by atoms with Gasteiger partial charge in [-0.25, -0.2) is 0 Å². The first-order valence-electron chi connectivity index (χ1n) is 6.15. The molecule has 3 nitrogen and oxygen atoms in total. The van der Waals surface area contributed by atoms with Gasteiger partial charge in [0.1, 0.15) is 5.75 Å². The molecule has 2 aliphatic heterocycles. The highest BCUT2D eigenvalue weighted by Gasteiger charge is 2.27. The highest BCUT2D eigenvalue weighted by atomic mass is 16.3. The largest absolute Gasteiger partial charge is 0.508 e. The van der Waals surface area contributed by atoms with Crippen LogP contribution in [-0.2, 0) is 0 Å². The Morgan fingerprint density at radius 3 is 2.88 bits per heavy atom. The van der Waals surface area contributed by atoms with Crippen LogP contribution in [0.3, 0.4) is 0 Å². The van der Waals surface area contributed by atoms with E-state index in [0.29, 0.717) is 11.8 Å². The molecule has 0 aliphatic carbocycles. The van der Waals surface area contributed by atoms with E-state index in [-0.39, 0.29) is 0 Å². The average molecular weight is 218 g/mol. The van der Waals surface area contributed by atoms with Crippen molar-refractivity contribution in [2.45, 2.75) is 25.3 Å². The number of phenolic OH excluding ortho intramolecular Hbond substituents is 1. The van der Waals surface area contributed by atoms with Crippen LogP contribution in [0.15, 0.2) is 18.2 Å². The minimum Gasteiger partial charge on any atom is -0.508 e. The molecule has 0 aromatic heterocycles. The van der Waals surface area contributed by atoms with Gasteiger partial charge in [0.2, 0.25) is 0 Å². The van der Waals surface area contributed by atoms with Gasteiger partial charge in [0, 0.05) is 24.3 Å². The number of aromatic hydroxyl groups is 1. The number of hydrogen-bond acceptors (Lipinski definition) is 3. The van der Waals surface area contributed by atoms with Crippen LogP contribution < -0.4 is 5.32 Å². The number of benzene rings is 1. The summed E-state index contributed by atoms with van der Waals surface area (Å²) in [6.45, 7) is 3.47. The van der Waals surface area contributed by atoms with Gasteiger partial charge in [-0.2, -0.15) is 0 Å². The smallest absolute Gasteiger partial charge is 0.117 e. The molecule has 0 amide bonds. The van der Waals surface area contributed by atoms with Crippen molar-refractivity contribution in [3.63, 3.8) is 0 Å². The lowest BCUT2D eigenvalue weighted by Crippen LogP contribution is -2.30. The van der Waals surface area contributed by atoms with E-state index in [1.165, 1.54) is 37.9 Å². The summed E-state index contributed by atoms with van der Waals surface area (Å²) >= 11 is 0. The van der Waals surface area contributed by atoms with E-state index >= 15 is 0 Å². The van der Waals surface area contributed by atoms with Gasteiger partial charge < -0.3 is 10.4 Å². The Balaban J connectivity index is 1.93. The lowest BCUT2D eigenvalue weighted by atomic mass is 9.96. The Morgan fingerprint density at radius 2 is 2.06 bits per heavy atom. The monoisotopic (exact) mass is 218 g/mol. The Hall–Kier alpha value is -1.22. The zero-order valence-corrected chi connectivity index (χ0v) is 9.45. The highest BCUT2D eigenvalue weighted by molar-refractivity contribution is 5.57. The molecule has 1 atom stereocenters. The van der Waals surface area contributed by atoms with Gasteiger partial charge in [-0.05, 0) is 44.0 Å². The normalized spacial score (nSPS) is 25.1. The number of likely N-dealkylation sites (tertiary alicyclic amines) is 1. The second-order valence-electron chi connectivity index (χ2n) is 4.75. The molecule has 2 heterocycles. The van der Waals surface area contributed by atoms with Crippen LogP contribution in [0.25, 0.3) is 0 Å². The van der Waals surface area contributed by atoms with Crippen molar-refractivity contribution in [2.75, 3.05) is 25.0 Å². The predicted molar refractivity (Wildman–Crippen MR) is 64.8 cm³/mol. The number of rotatable bonds is 1. The summed E-state index contributed by atoms with van der Waals surface area (Å²) in [6.07, 6.45) is 3.84. The lowest BCUT2D eigenvalue weighted by molar-refractivity contribution is 0.234. The fraction of sp³-hybridized carbons (Fsp3) is 0.538. The predicted octanol–water partition coefficient (Wildman–Crippen LogP) is 2.34. The molecule has 1 saturated heterocycles. The molecule has 2 N–H and O–H groups in total. The summed E-state index contributed by atoms with van der Waals surface area (Å²) in [5.41, 5.74) is 2.47. The van der Waals surface area contributed by atoms with Gasteiger partial charge >= 0.3 is 0 Å². The Labute approximate surface area is 96.1 Å². The fourth-order valence-electron chi connectivity index (χ4n) is 2.92. The molecular formula is C13H18N2O. The van der Waals surface area contributed by atoms with Gasteiger partial charge in [-0.1, -0.05) is 6.07 Å². The fourth-order valence-corrected chi connectivity index (χ4v) is 2.92. The van der Waals surface area contributed by atoms with Crippen LogP contribution in [0.4, 0.5) is 5.69 Å². The van der Waals surface area contributed by atoms with Crippen molar-refractivity contribution in [1.29, 1.82) is 0 Å². The minimum absolute atomic E-state index is 0.355. The van der Waals surface area contributed by atoms with Gasteiger partial charge in [0.05, 0.1) is 0 Å². The maximum absolute atomic E-state index is 9.49. The molecule has 2 aliphatic rings. The molecule has 16 heavy (non-hydrogen) atoms. The quantitative estimate of drug-likeness (QED) is 0.759. The topological polar surface area (TPSA) is 35.5 Å². The summed E-state index contributed by atoms with van der Waals surface area (Å²) in [5.74, 6) is 0.355. The zero-order valence-electron chi connectivity index (χ0n) is 9.45. The molecule has 1 aromatic rings. The number of phenols is 1. The van der Waals surface area contributed by atoms with Crippen LogP contribution in [0, 0.1) is 0 Å². The number of anilines is 1. The summed E-state index contributed by atoms with van der Waals surface area (Å²) in [6, 6.07) is 6.27. The number of hydrogen-bond donors (Lipinski definition) is 2. The van der Waals surface area contributed by atoms with E-state index in [1.54, 1.807) is 6.07 Å². The van der Waals surface area contributed by atoms with Crippen molar-refractivity contribution < 1.29 is 5.11 Å². The minimum atomic E-state index is 0.355. The maximum atomic E-state index is 9.49. The molecule has 0 radical (unpaired) electrons. The molecule has 1 fully saturated rings. The molecular weight excluding hydrogens is 200 g/mol. The van der Waals surface area contributed by atoms with Crippen molar-refractivity contribution in [3.8, 4) is 5.75 Å². The molecule has 0 spiro atoms. The van der Waals surface area contributed by atoms with E-state index in [2.05, 4.69) is 16.3 Å². The third-order valence-corrected chi connectivity index (χ3v) is 3.71. The molecule has 1 unspecified atom stereocenters. The first-order valence-corrected chi connectivity index (χ1v) is 6.15. The third-order valence-electron chi connectivity index (χ3n) is 3.71. The van der Waals surface area contributed by atoms with E-state index in [9.17, 15) is 5.11 Å². The van der Waals surface area contributed by atoms with Crippen LogP contribution in [0.1, 0.15) is 30.9 Å². The Kier molecular flexibility index (Phi) is 2.48. The van der Waals surface area contributed by atoms with Crippen LogP contribution in [-0.4, -0.2) is 29.6 Å². The van der Waals surface area contributed by atoms with Crippen molar-refractivity contribution in [3.05, 3.63) is 23.8 Å². The van der Waals surface area contributed by atoms with Gasteiger partial charge in [-0.15, -0.1) is 0 Å². The van der Waals surface area contributed by atoms with Gasteiger partial charge in [-0.3, -0.25) is 4.90 Å². The molecule has 0 saturated carbocycles. The van der Waals surface area contributed by atoms with Crippen LogP contribution in [0.2, 0.25) is 0 Å². The van der Waals surface area contributed by atoms with E-state index in [4.69, 9.17) is 0 Å². The number of nitrogens with zero attached hydrogens (tertiary/aromatic N) is 1. The first-order chi connectivity index (χ1) is 7.84. The van der Waals surface area contributed by atoms with Crippen molar-refractivity contribution in [1.82, 2.24) is 4.90 Å². The molecule has 1 aromatic carbocycles. The van der Waals surface area contributed by atoms with Crippen LogP contribution in [0.5, 0.6) is 5.75 Å². The van der Waals surface area contributed by atoms with Gasteiger partial charge in [0.15, 0.2) is 0 Å². The Morgan fingerprint density at radius 1 is 1.25 bits per heavy atom. The average Bonchev–Trinajstić information content (AvgIpc) is 2.81. The molecule has 3 rings (SSSR count). The van der Waals surface area contributed by atoms with Crippen LogP contribution >= 0.6 is 0 Å². The van der Waals surface area contributed by atoms with E-state index in [0.717, 1.165) is 12.2 Å². The maximum Gasteiger partial charge on any atom is 0.117 e. The summed E-state index contributed by atoms with van der Waals surface area (Å²) in [7, 11) is 0. The first kappa shape index (κ1) is 9.97. The zero-order chi connectivity index (χ0) is 11.0. The SMILES string of the molecule is Oc1ccc2c(c1)NCCC2N1CCCC1. The standard InChI is InChI=1S/C13H18N2O/c16-10-3-4-11-12(9-10)14-6-5-13(11)15-7-1-2-8-15/h3-4,9,13-14,16H,1-2,5-8H2. The molecule has 86 valence electrons. The molecule has 3 heteroatoms. The van der Waals surface area contributed by atoms with Crippen molar-refractivity contribution in [2.24, 2.45) is 0 Å². The summed E-state index contributed by atoms with van der Waals surface area (Å²) in [5, 5.41) is 12.9. The number of fused-ring (bicyclic) bond motifs is 1. The second kappa shape index (κ2) is 3.98. The van der Waals surface area contributed by atoms with Crippen molar-refractivity contribution >= 4 is 5.69 Å². The van der Waals surface area contributed by atoms with E-state index in [1.807, 2.05) is 6.07 Å². The van der Waals surface area contributed by atoms with Gasteiger partial charge in [0.25, 0.3) is 0 Å². The summed E-state index contributed by atoms with van der Waals surface area (Å²) in [4.78, 5) is 2.58. The third kappa shape index (κ3) is 1.65. The lowest BCUT2D eigenvalue weighted by Gasteiger charge is -2.33. The van der Waals surface area contributed by atoms with E-state index < -0.39 is 0 Å². The second-order valence-corrected chi connectivity index (χ2v) is 4.75.